The monoisotopic (exact) mass is 137 g/mol. The van der Waals surface area contributed by atoms with Gasteiger partial charge in [0.2, 0.25) is 11.6 Å². The van der Waals surface area contributed by atoms with Crippen molar-refractivity contribution in [3.8, 4) is 0 Å². The molecule has 3 nitrogen and oxygen atoms in total. The third-order valence-electron chi connectivity index (χ3n) is 0.442. The lowest BCUT2D eigenvalue weighted by atomic mass is 10.7. The van der Waals surface area contributed by atoms with Gasteiger partial charge in [0, 0.05) is 0 Å². The molecule has 0 radical (unpaired) electrons. The fraction of sp³-hybridized carbons (Fsp3) is 0.500. The molecule has 8 heavy (non-hydrogen) atoms. The molecule has 0 aromatic rings. The number of carbonyl (C=O) groups excluding carboxylic acids is 2. The lowest BCUT2D eigenvalue weighted by Crippen LogP contribution is -2.13. The molecule has 0 spiro atoms. The van der Waals surface area contributed by atoms with Crippen LogP contribution in [0, 0.1) is 11.6 Å². The van der Waals surface area contributed by atoms with E-state index in [9.17, 15) is 9.59 Å². The van der Waals surface area contributed by atoms with E-state index in [4.69, 9.17) is 0 Å². The van der Waals surface area contributed by atoms with Crippen molar-refractivity contribution in [1.82, 2.24) is 0 Å². The van der Waals surface area contributed by atoms with Gasteiger partial charge in [-0.2, -0.15) is 0 Å². The normalized spacial score (nSPS) is 8.25. The Hall–Kier alpha value is -0.570. The minimum Gasteiger partial charge on any atom is -0.456 e. The summed E-state index contributed by atoms with van der Waals surface area (Å²) in [4.78, 5) is 19.9. The van der Waals surface area contributed by atoms with Crippen LogP contribution in [0.3, 0.4) is 0 Å². The first-order valence-corrected chi connectivity index (χ1v) is 2.47. The Morgan fingerprint density at radius 2 is 2.12 bits per heavy atom. The second-order valence-corrected chi connectivity index (χ2v) is 1.38. The molecule has 0 aliphatic rings. The van der Waals surface area contributed by atoms with Crippen molar-refractivity contribution in [2.45, 2.75) is 6.92 Å². The molecule has 0 aromatic carbocycles. The summed E-state index contributed by atoms with van der Waals surface area (Å²) in [6.45, 7) is 1.80. The van der Waals surface area contributed by atoms with Crippen LogP contribution in [0.1, 0.15) is 6.92 Å². The van der Waals surface area contributed by atoms with Crippen LogP contribution < -0.4 is 0 Å². The maximum atomic E-state index is 10.1. The molecular weight excluding hydrogens is 131 g/mol. The van der Waals surface area contributed by atoms with Gasteiger partial charge in [-0.15, -0.1) is 0 Å². The number of hydrogen-bond donors (Lipinski definition) is 0. The van der Waals surface area contributed by atoms with Crippen molar-refractivity contribution < 1.29 is 25.9 Å². The summed E-state index contributed by atoms with van der Waals surface area (Å²) in [6, 6.07) is 0. The molecule has 0 unspecified atom stereocenters. The van der Waals surface area contributed by atoms with Crippen molar-refractivity contribution in [1.29, 1.82) is 0 Å². The van der Waals surface area contributed by atoms with Gasteiger partial charge in [-0.05, 0) is 6.92 Å². The van der Waals surface area contributed by atoms with E-state index in [1.165, 1.54) is 0 Å². The molecule has 0 aliphatic carbocycles. The molecule has 0 aliphatic heterocycles. The van der Waals surface area contributed by atoms with Crippen molar-refractivity contribution in [3.63, 3.8) is 0 Å². The van der Waals surface area contributed by atoms with Gasteiger partial charge in [-0.1, -0.05) is 0 Å². The molecule has 4 heteroatoms. The smallest absolute Gasteiger partial charge is 0.456 e. The molecule has 0 saturated carbocycles. The summed E-state index contributed by atoms with van der Waals surface area (Å²) in [5, 5.41) is -0.966. The molecule has 0 rings (SSSR count). The molecular formula is C4H6ClO3+. The van der Waals surface area contributed by atoms with Crippen molar-refractivity contribution >= 4 is 11.2 Å². The van der Waals surface area contributed by atoms with Gasteiger partial charge < -0.3 is 4.74 Å². The molecule has 0 aromatic heterocycles. The fourth-order valence-electron chi connectivity index (χ4n) is 0.190. The van der Waals surface area contributed by atoms with Gasteiger partial charge >= 0.3 is 11.2 Å². The minimum atomic E-state index is -0.966. The molecule has 46 valence electrons. The van der Waals surface area contributed by atoms with Crippen molar-refractivity contribution in [3.05, 3.63) is 0 Å². The molecule has 0 bridgehead atoms. The average Bonchev–Trinajstić information content (AvgIpc) is 1.67. The molecule has 0 N–H and O–H groups in total. The van der Waals surface area contributed by atoms with Crippen LogP contribution in [0.2, 0.25) is 0 Å². The summed E-state index contributed by atoms with van der Waals surface area (Å²) in [7, 11) is 0. The van der Waals surface area contributed by atoms with E-state index in [0.717, 1.165) is 0 Å². The van der Waals surface area contributed by atoms with E-state index in [-0.39, 0.29) is 6.61 Å². The summed E-state index contributed by atoms with van der Waals surface area (Å²) in [6.07, 6.45) is 0. The molecule has 0 amide bonds. The van der Waals surface area contributed by atoms with Crippen LogP contribution >= 0.6 is 0 Å². The zero-order valence-electron chi connectivity index (χ0n) is 4.34. The highest BCUT2D eigenvalue weighted by Gasteiger charge is 2.19. The molecule has 0 atom stereocenters. The van der Waals surface area contributed by atoms with E-state index in [1.807, 2.05) is 0 Å². The predicted molar refractivity (Wildman–Crippen MR) is 23.0 cm³/mol. The van der Waals surface area contributed by atoms with Crippen LogP contribution in [0.5, 0.6) is 0 Å². The van der Waals surface area contributed by atoms with Crippen molar-refractivity contribution in [2.24, 2.45) is 0 Å². The standard InChI is InChI=1S/C4H6ClO3/c1-2-8-4(7)3(5)6/h5H,2H2,1H3/q+1. The van der Waals surface area contributed by atoms with Gasteiger partial charge in [0.05, 0.1) is 6.61 Å². The van der Waals surface area contributed by atoms with E-state index < -0.39 is 11.2 Å². The number of ether oxygens (including phenoxy) is 1. The Kier molecular flexibility index (Phi) is 3.19. The largest absolute Gasteiger partial charge is 0.508 e. The topological polar surface area (TPSA) is 43.4 Å². The highest BCUT2D eigenvalue weighted by Crippen LogP contribution is 1.76. The summed E-state index contributed by atoms with van der Waals surface area (Å²) in [5.74, 6) is -0.942. The maximum Gasteiger partial charge on any atom is 0.508 e. The molecule has 0 fully saturated rings. The number of halogens is 1. The van der Waals surface area contributed by atoms with Gasteiger partial charge in [0.15, 0.2) is 0 Å². The molecule has 0 heterocycles. The van der Waals surface area contributed by atoms with E-state index in [1.54, 1.807) is 6.92 Å². The second kappa shape index (κ2) is 3.43. The number of carbonyl (C=O) groups is 2. The van der Waals surface area contributed by atoms with Crippen LogP contribution in [0.25, 0.3) is 0 Å². The molecule has 0 saturated heterocycles. The van der Waals surface area contributed by atoms with Gasteiger partial charge in [-0.3, -0.25) is 0 Å². The maximum absolute atomic E-state index is 10.1. The first-order valence-electron chi connectivity index (χ1n) is 2.06. The third kappa shape index (κ3) is 2.58. The Morgan fingerprint density at radius 1 is 1.62 bits per heavy atom. The summed E-state index contributed by atoms with van der Waals surface area (Å²) < 4.78 is 4.21. The van der Waals surface area contributed by atoms with Crippen LogP contribution in [0.4, 0.5) is 0 Å². The SMILES string of the molecule is CCOC(=O)C(=O)[ClH+]. The van der Waals surface area contributed by atoms with E-state index in [0.29, 0.717) is 0 Å². The highest BCUT2D eigenvalue weighted by molar-refractivity contribution is 6.27. The predicted octanol–water partition coefficient (Wildman–Crippen LogP) is -0.642. The highest BCUT2D eigenvalue weighted by atomic mass is 35.5. The zero-order valence-corrected chi connectivity index (χ0v) is 5.16. The number of rotatable bonds is 2. The Labute approximate surface area is 51.6 Å². The van der Waals surface area contributed by atoms with E-state index in [2.05, 4.69) is 16.3 Å². The van der Waals surface area contributed by atoms with Crippen LogP contribution in [-0.4, -0.2) is 17.8 Å². The number of hydrogen-bond acceptors (Lipinski definition) is 3. The Morgan fingerprint density at radius 3 is 2.25 bits per heavy atom. The average molecular weight is 138 g/mol. The van der Waals surface area contributed by atoms with Crippen molar-refractivity contribution in [2.75, 3.05) is 6.61 Å². The summed E-state index contributed by atoms with van der Waals surface area (Å²) >= 11 is 3.95. The van der Waals surface area contributed by atoms with Gasteiger partial charge in [0.25, 0.3) is 0 Å². The first-order chi connectivity index (χ1) is 3.68. The minimum absolute atomic E-state index is 0.196. The summed E-state index contributed by atoms with van der Waals surface area (Å²) in [5.41, 5.74) is 0. The van der Waals surface area contributed by atoms with E-state index >= 15 is 0 Å². The Bertz CT molecular complexity index is 110. The lowest BCUT2D eigenvalue weighted by Gasteiger charge is -1.88. The lowest BCUT2D eigenvalue weighted by molar-refractivity contribution is -0.303. The zero-order chi connectivity index (χ0) is 6.57. The van der Waals surface area contributed by atoms with Crippen LogP contribution in [0.15, 0.2) is 0 Å². The Balaban J connectivity index is 3.49. The van der Waals surface area contributed by atoms with Crippen LogP contribution in [-0.2, 0) is 14.3 Å². The fourth-order valence-corrected chi connectivity index (χ4v) is 0.249. The first kappa shape index (κ1) is 7.43. The van der Waals surface area contributed by atoms with Gasteiger partial charge in [-0.25, -0.2) is 9.59 Å². The van der Waals surface area contributed by atoms with Gasteiger partial charge in [0.1, 0.15) is 0 Å². The third-order valence-corrected chi connectivity index (χ3v) is 0.609. The number of esters is 1. The quantitative estimate of drug-likeness (QED) is 0.289. The second-order valence-electron chi connectivity index (χ2n) is 1.01.